The van der Waals surface area contributed by atoms with Crippen LogP contribution in [-0.2, 0) is 11.2 Å². The number of hydrogen-bond acceptors (Lipinski definition) is 1. The van der Waals surface area contributed by atoms with Gasteiger partial charge in [-0.05, 0) is 85.5 Å². The standard InChI is InChI=1S/C8H5I3O2/c9-4-1-6(10)5(3-8(12)13)7(11)2-4/h1-2H,3H2,(H,12,13). The molecule has 0 amide bonds. The molecule has 0 aliphatic heterocycles. The van der Waals surface area contributed by atoms with Gasteiger partial charge in [-0.25, -0.2) is 0 Å². The summed E-state index contributed by atoms with van der Waals surface area (Å²) in [5.74, 6) is -0.781. The highest BCUT2D eigenvalue weighted by Gasteiger charge is 2.09. The van der Waals surface area contributed by atoms with Crippen molar-refractivity contribution in [3.8, 4) is 0 Å². The zero-order chi connectivity index (χ0) is 10.0. The number of carboxylic acid groups (broad SMARTS) is 1. The molecule has 1 aromatic rings. The van der Waals surface area contributed by atoms with Crippen LogP contribution in [0.25, 0.3) is 0 Å². The molecule has 0 aromatic heterocycles. The van der Waals surface area contributed by atoms with Crippen LogP contribution in [0.1, 0.15) is 5.56 Å². The van der Waals surface area contributed by atoms with Gasteiger partial charge < -0.3 is 5.11 Å². The fourth-order valence-corrected chi connectivity index (χ4v) is 4.86. The van der Waals surface area contributed by atoms with E-state index in [1.165, 1.54) is 0 Å². The molecule has 0 radical (unpaired) electrons. The SMILES string of the molecule is O=C(O)Cc1c(I)cc(I)cc1I. The second kappa shape index (κ2) is 5.10. The molecule has 70 valence electrons. The summed E-state index contributed by atoms with van der Waals surface area (Å²) in [4.78, 5) is 10.5. The normalized spacial score (nSPS) is 10.1. The molecule has 1 N–H and O–H groups in total. The van der Waals surface area contributed by atoms with Crippen molar-refractivity contribution in [2.75, 3.05) is 0 Å². The molecule has 0 fully saturated rings. The van der Waals surface area contributed by atoms with Crippen molar-refractivity contribution in [3.63, 3.8) is 0 Å². The number of halogens is 3. The zero-order valence-corrected chi connectivity index (χ0v) is 12.8. The lowest BCUT2D eigenvalue weighted by Gasteiger charge is -2.05. The van der Waals surface area contributed by atoms with E-state index in [0.29, 0.717) is 0 Å². The Morgan fingerprint density at radius 2 is 1.69 bits per heavy atom. The molecule has 0 aliphatic rings. The second-order valence-corrected chi connectivity index (χ2v) is 5.99. The van der Waals surface area contributed by atoms with Gasteiger partial charge in [-0.2, -0.15) is 0 Å². The number of rotatable bonds is 2. The topological polar surface area (TPSA) is 37.3 Å². The Balaban J connectivity index is 3.13. The Hall–Kier alpha value is 0.880. The Kier molecular flexibility index (Phi) is 4.69. The molecular formula is C8H5I3O2. The van der Waals surface area contributed by atoms with Crippen LogP contribution >= 0.6 is 67.8 Å². The van der Waals surface area contributed by atoms with Gasteiger partial charge in [0.1, 0.15) is 0 Å². The number of carboxylic acids is 1. The predicted molar refractivity (Wildman–Crippen MR) is 75.9 cm³/mol. The van der Waals surface area contributed by atoms with Gasteiger partial charge in [-0.3, -0.25) is 4.79 Å². The Morgan fingerprint density at radius 3 is 2.08 bits per heavy atom. The van der Waals surface area contributed by atoms with Crippen molar-refractivity contribution in [3.05, 3.63) is 28.4 Å². The number of hydrogen-bond donors (Lipinski definition) is 1. The van der Waals surface area contributed by atoms with Crippen LogP contribution in [0, 0.1) is 10.7 Å². The van der Waals surface area contributed by atoms with Gasteiger partial charge in [0.05, 0.1) is 6.42 Å². The lowest BCUT2D eigenvalue weighted by atomic mass is 10.2. The number of carbonyl (C=O) groups is 1. The molecule has 5 heteroatoms. The third-order valence-electron chi connectivity index (χ3n) is 1.43. The summed E-state index contributed by atoms with van der Waals surface area (Å²) < 4.78 is 3.19. The van der Waals surface area contributed by atoms with E-state index in [2.05, 4.69) is 67.8 Å². The molecule has 0 saturated carbocycles. The van der Waals surface area contributed by atoms with Crippen molar-refractivity contribution in [1.82, 2.24) is 0 Å². The van der Waals surface area contributed by atoms with E-state index in [0.717, 1.165) is 16.3 Å². The second-order valence-electron chi connectivity index (χ2n) is 2.42. The summed E-state index contributed by atoms with van der Waals surface area (Å²) in [5.41, 5.74) is 0.911. The summed E-state index contributed by atoms with van der Waals surface area (Å²) in [6.45, 7) is 0. The van der Waals surface area contributed by atoms with E-state index in [9.17, 15) is 4.79 Å². The van der Waals surface area contributed by atoms with Crippen LogP contribution in [0.15, 0.2) is 12.1 Å². The van der Waals surface area contributed by atoms with Gasteiger partial charge in [0, 0.05) is 10.7 Å². The molecule has 1 rings (SSSR count). The molecule has 2 nitrogen and oxygen atoms in total. The average Bonchev–Trinajstić information content (AvgIpc) is 1.96. The van der Waals surface area contributed by atoms with Crippen LogP contribution in [-0.4, -0.2) is 11.1 Å². The molecule has 1 aromatic carbocycles. The molecule has 0 aliphatic carbocycles. The van der Waals surface area contributed by atoms with Gasteiger partial charge in [0.15, 0.2) is 0 Å². The molecule has 0 atom stereocenters. The average molecular weight is 514 g/mol. The van der Waals surface area contributed by atoms with Crippen molar-refractivity contribution >= 4 is 73.7 Å². The van der Waals surface area contributed by atoms with Crippen LogP contribution < -0.4 is 0 Å². The summed E-state index contributed by atoms with van der Waals surface area (Å²) in [6.07, 6.45) is 0.105. The Morgan fingerprint density at radius 1 is 1.23 bits per heavy atom. The number of benzene rings is 1. The maximum absolute atomic E-state index is 10.5. The fraction of sp³-hybridized carbons (Fsp3) is 0.125. The molecule has 0 bridgehead atoms. The van der Waals surface area contributed by atoms with Crippen molar-refractivity contribution in [1.29, 1.82) is 0 Å². The first-order valence-corrected chi connectivity index (χ1v) is 6.59. The minimum absolute atomic E-state index is 0.105. The molecular weight excluding hydrogens is 509 g/mol. The van der Waals surface area contributed by atoms with Crippen molar-refractivity contribution < 1.29 is 9.90 Å². The monoisotopic (exact) mass is 514 g/mol. The van der Waals surface area contributed by atoms with Gasteiger partial charge in [-0.15, -0.1) is 0 Å². The smallest absolute Gasteiger partial charge is 0.307 e. The van der Waals surface area contributed by atoms with E-state index < -0.39 is 5.97 Å². The largest absolute Gasteiger partial charge is 0.481 e. The van der Waals surface area contributed by atoms with Gasteiger partial charge in [0.2, 0.25) is 0 Å². The first-order valence-electron chi connectivity index (χ1n) is 3.36. The maximum atomic E-state index is 10.5. The maximum Gasteiger partial charge on any atom is 0.307 e. The van der Waals surface area contributed by atoms with Crippen LogP contribution in [0.5, 0.6) is 0 Å². The molecule has 0 saturated heterocycles. The fourth-order valence-electron chi connectivity index (χ4n) is 0.892. The predicted octanol–water partition coefficient (Wildman–Crippen LogP) is 3.13. The molecule has 0 spiro atoms. The van der Waals surface area contributed by atoms with E-state index in [-0.39, 0.29) is 6.42 Å². The highest BCUT2D eigenvalue weighted by molar-refractivity contribution is 14.1. The highest BCUT2D eigenvalue weighted by atomic mass is 127. The summed E-state index contributed by atoms with van der Waals surface area (Å²) in [7, 11) is 0. The van der Waals surface area contributed by atoms with Gasteiger partial charge in [0.25, 0.3) is 0 Å². The Labute approximate surface area is 117 Å². The first kappa shape index (κ1) is 12.0. The van der Waals surface area contributed by atoms with E-state index in [4.69, 9.17) is 5.11 Å². The van der Waals surface area contributed by atoms with E-state index in [1.54, 1.807) is 0 Å². The molecule has 0 heterocycles. The van der Waals surface area contributed by atoms with Crippen molar-refractivity contribution in [2.24, 2.45) is 0 Å². The van der Waals surface area contributed by atoms with E-state index in [1.807, 2.05) is 12.1 Å². The summed E-state index contributed by atoms with van der Waals surface area (Å²) >= 11 is 6.57. The minimum Gasteiger partial charge on any atom is -0.481 e. The van der Waals surface area contributed by atoms with Crippen LogP contribution in [0.4, 0.5) is 0 Å². The van der Waals surface area contributed by atoms with E-state index >= 15 is 0 Å². The van der Waals surface area contributed by atoms with Crippen LogP contribution in [0.3, 0.4) is 0 Å². The highest BCUT2D eigenvalue weighted by Crippen LogP contribution is 2.22. The lowest BCUT2D eigenvalue weighted by Crippen LogP contribution is -2.04. The summed E-state index contributed by atoms with van der Waals surface area (Å²) in [5, 5.41) is 8.68. The molecule has 0 unspecified atom stereocenters. The van der Waals surface area contributed by atoms with Gasteiger partial charge in [-0.1, -0.05) is 0 Å². The quantitative estimate of drug-likeness (QED) is 0.617. The minimum atomic E-state index is -0.781. The third kappa shape index (κ3) is 3.50. The number of aliphatic carboxylic acids is 1. The van der Waals surface area contributed by atoms with Crippen molar-refractivity contribution in [2.45, 2.75) is 6.42 Å². The first-order chi connectivity index (χ1) is 6.00. The molecule has 13 heavy (non-hydrogen) atoms. The Bertz CT molecular complexity index is 326. The lowest BCUT2D eigenvalue weighted by molar-refractivity contribution is -0.136. The summed E-state index contributed by atoms with van der Waals surface area (Å²) in [6, 6.07) is 3.98. The third-order valence-corrected chi connectivity index (χ3v) is 3.98. The van der Waals surface area contributed by atoms with Crippen LogP contribution in [0.2, 0.25) is 0 Å². The zero-order valence-electron chi connectivity index (χ0n) is 6.35. The van der Waals surface area contributed by atoms with Gasteiger partial charge >= 0.3 is 5.97 Å².